The molecule has 0 unspecified atom stereocenters. The Morgan fingerprint density at radius 2 is 2.00 bits per heavy atom. The minimum absolute atomic E-state index is 0. The van der Waals surface area contributed by atoms with E-state index in [1.807, 2.05) is 30.1 Å². The van der Waals surface area contributed by atoms with E-state index in [1.54, 1.807) is 0 Å². The Kier molecular flexibility index (Phi) is 7.03. The Morgan fingerprint density at radius 1 is 1.30 bits per heavy atom. The monoisotopic (exact) mass is 296 g/mol. The summed E-state index contributed by atoms with van der Waals surface area (Å²) >= 11 is 0. The van der Waals surface area contributed by atoms with E-state index in [4.69, 9.17) is 5.73 Å². The van der Waals surface area contributed by atoms with Crippen LogP contribution in [0.5, 0.6) is 0 Å². The number of amides is 1. The molecule has 2 N–H and O–H groups in total. The van der Waals surface area contributed by atoms with E-state index in [2.05, 4.69) is 12.1 Å². The van der Waals surface area contributed by atoms with Crippen molar-refractivity contribution in [1.82, 2.24) is 4.90 Å². The summed E-state index contributed by atoms with van der Waals surface area (Å²) < 4.78 is 0. The molecule has 1 saturated carbocycles. The van der Waals surface area contributed by atoms with E-state index < -0.39 is 0 Å². The first-order chi connectivity index (χ1) is 9.16. The third kappa shape index (κ3) is 4.80. The van der Waals surface area contributed by atoms with Gasteiger partial charge in [-0.25, -0.2) is 0 Å². The number of hydrogen-bond donors (Lipinski definition) is 1. The summed E-state index contributed by atoms with van der Waals surface area (Å²) in [5.74, 6) is 0.630. The third-order valence-corrected chi connectivity index (χ3v) is 4.16. The van der Waals surface area contributed by atoms with Crippen molar-refractivity contribution < 1.29 is 4.79 Å². The number of hydrogen-bond acceptors (Lipinski definition) is 2. The lowest BCUT2D eigenvalue weighted by Crippen LogP contribution is -2.34. The molecule has 0 spiro atoms. The molecule has 20 heavy (non-hydrogen) atoms. The fourth-order valence-corrected chi connectivity index (χ4v) is 2.77. The fourth-order valence-electron chi connectivity index (χ4n) is 2.77. The van der Waals surface area contributed by atoms with Gasteiger partial charge >= 0.3 is 0 Å². The first kappa shape index (κ1) is 17.0. The molecule has 1 amide bonds. The van der Waals surface area contributed by atoms with Crippen LogP contribution in [-0.2, 0) is 11.2 Å². The van der Waals surface area contributed by atoms with Crippen LogP contribution in [0, 0.1) is 5.92 Å². The van der Waals surface area contributed by atoms with Gasteiger partial charge in [0.05, 0.1) is 0 Å². The minimum atomic E-state index is 0. The van der Waals surface area contributed by atoms with Crippen LogP contribution in [0.15, 0.2) is 30.3 Å². The average molecular weight is 297 g/mol. The van der Waals surface area contributed by atoms with Crippen LogP contribution in [0.4, 0.5) is 0 Å². The van der Waals surface area contributed by atoms with Gasteiger partial charge in [-0.15, -0.1) is 12.4 Å². The predicted molar refractivity (Wildman–Crippen MR) is 85.0 cm³/mol. The van der Waals surface area contributed by atoms with Gasteiger partial charge in [0, 0.05) is 26.1 Å². The van der Waals surface area contributed by atoms with E-state index >= 15 is 0 Å². The van der Waals surface area contributed by atoms with Gasteiger partial charge in [-0.1, -0.05) is 36.8 Å². The van der Waals surface area contributed by atoms with Crippen LogP contribution in [0.25, 0.3) is 0 Å². The second kappa shape index (κ2) is 8.28. The van der Waals surface area contributed by atoms with E-state index in [9.17, 15) is 4.79 Å². The van der Waals surface area contributed by atoms with Gasteiger partial charge in [0.25, 0.3) is 0 Å². The van der Waals surface area contributed by atoms with Crippen LogP contribution >= 0.6 is 12.4 Å². The van der Waals surface area contributed by atoms with Gasteiger partial charge in [-0.2, -0.15) is 0 Å². The SMILES string of the molecule is CN(CCc1ccccc1)C(=O)C[C@@H]1CCC[C@H]1N.Cl. The summed E-state index contributed by atoms with van der Waals surface area (Å²) in [4.78, 5) is 14.0. The van der Waals surface area contributed by atoms with E-state index in [1.165, 1.54) is 12.0 Å². The van der Waals surface area contributed by atoms with Gasteiger partial charge in [0.1, 0.15) is 0 Å². The van der Waals surface area contributed by atoms with Crippen LogP contribution in [0.1, 0.15) is 31.2 Å². The largest absolute Gasteiger partial charge is 0.345 e. The zero-order chi connectivity index (χ0) is 13.7. The van der Waals surface area contributed by atoms with Crippen LogP contribution < -0.4 is 5.73 Å². The molecule has 1 fully saturated rings. The second-order valence-corrected chi connectivity index (χ2v) is 5.61. The Bertz CT molecular complexity index is 410. The van der Waals surface area contributed by atoms with Crippen molar-refractivity contribution in [3.63, 3.8) is 0 Å². The number of nitrogens with two attached hydrogens (primary N) is 1. The van der Waals surface area contributed by atoms with E-state index in [0.29, 0.717) is 12.3 Å². The minimum Gasteiger partial charge on any atom is -0.345 e. The molecule has 1 aliphatic rings. The first-order valence-corrected chi connectivity index (χ1v) is 7.20. The molecule has 1 aromatic carbocycles. The molecule has 1 aromatic rings. The summed E-state index contributed by atoms with van der Waals surface area (Å²) in [6, 6.07) is 10.5. The molecule has 0 aromatic heterocycles. The zero-order valence-electron chi connectivity index (χ0n) is 12.1. The number of carbonyl (C=O) groups is 1. The van der Waals surface area contributed by atoms with Gasteiger partial charge < -0.3 is 10.6 Å². The van der Waals surface area contributed by atoms with Crippen molar-refractivity contribution in [2.75, 3.05) is 13.6 Å². The standard InChI is InChI=1S/C16H24N2O.ClH/c1-18(11-10-13-6-3-2-4-7-13)16(19)12-14-8-5-9-15(14)17;/h2-4,6-7,14-15H,5,8-12,17H2,1H3;1H/t14-,15+;/m0./s1. The third-order valence-electron chi connectivity index (χ3n) is 4.16. The fraction of sp³-hybridized carbons (Fsp3) is 0.562. The molecule has 2 atom stereocenters. The summed E-state index contributed by atoms with van der Waals surface area (Å²) in [5.41, 5.74) is 7.30. The van der Waals surface area contributed by atoms with Crippen molar-refractivity contribution in [2.45, 2.75) is 38.1 Å². The number of carbonyl (C=O) groups excluding carboxylic acids is 1. The molecule has 112 valence electrons. The molecule has 0 saturated heterocycles. The lowest BCUT2D eigenvalue weighted by molar-refractivity contribution is -0.130. The number of benzene rings is 1. The normalized spacial score (nSPS) is 21.3. The molecule has 0 heterocycles. The van der Waals surface area contributed by atoms with Crippen molar-refractivity contribution in [3.8, 4) is 0 Å². The van der Waals surface area contributed by atoms with E-state index in [-0.39, 0.29) is 24.4 Å². The number of likely N-dealkylation sites (N-methyl/N-ethyl adjacent to an activating group) is 1. The highest BCUT2D eigenvalue weighted by Crippen LogP contribution is 2.27. The van der Waals surface area contributed by atoms with Crippen molar-refractivity contribution in [1.29, 1.82) is 0 Å². The van der Waals surface area contributed by atoms with Gasteiger partial charge in [0.15, 0.2) is 0 Å². The first-order valence-electron chi connectivity index (χ1n) is 7.20. The highest BCUT2D eigenvalue weighted by molar-refractivity contribution is 5.85. The van der Waals surface area contributed by atoms with Gasteiger partial charge in [-0.05, 0) is 30.7 Å². The van der Waals surface area contributed by atoms with Gasteiger partial charge in [-0.3, -0.25) is 4.79 Å². The van der Waals surface area contributed by atoms with Gasteiger partial charge in [0.2, 0.25) is 5.91 Å². The molecule has 3 nitrogen and oxygen atoms in total. The average Bonchev–Trinajstić information content (AvgIpc) is 2.82. The summed E-state index contributed by atoms with van der Waals surface area (Å²) in [5, 5.41) is 0. The molecule has 0 bridgehead atoms. The number of halogens is 1. The van der Waals surface area contributed by atoms with Crippen molar-refractivity contribution >= 4 is 18.3 Å². The van der Waals surface area contributed by atoms with Crippen LogP contribution in [0.3, 0.4) is 0 Å². The van der Waals surface area contributed by atoms with Crippen molar-refractivity contribution in [3.05, 3.63) is 35.9 Å². The maximum absolute atomic E-state index is 12.1. The Labute approximate surface area is 127 Å². The lowest BCUT2D eigenvalue weighted by atomic mass is 9.99. The van der Waals surface area contributed by atoms with Crippen molar-refractivity contribution in [2.24, 2.45) is 11.7 Å². The van der Waals surface area contributed by atoms with E-state index in [0.717, 1.165) is 25.8 Å². The zero-order valence-corrected chi connectivity index (χ0v) is 12.9. The second-order valence-electron chi connectivity index (χ2n) is 5.61. The van der Waals surface area contributed by atoms with Crippen LogP contribution in [0.2, 0.25) is 0 Å². The summed E-state index contributed by atoms with van der Waals surface area (Å²) in [7, 11) is 1.89. The maximum atomic E-state index is 12.1. The molecule has 0 aliphatic heterocycles. The number of nitrogens with zero attached hydrogens (tertiary/aromatic N) is 1. The molecule has 2 rings (SSSR count). The summed E-state index contributed by atoms with van der Waals surface area (Å²) in [6.45, 7) is 0.783. The van der Waals surface area contributed by atoms with Crippen LogP contribution in [-0.4, -0.2) is 30.4 Å². The highest BCUT2D eigenvalue weighted by atomic mass is 35.5. The Balaban J connectivity index is 0.00000200. The molecule has 0 radical (unpaired) electrons. The Morgan fingerprint density at radius 3 is 2.60 bits per heavy atom. The quantitative estimate of drug-likeness (QED) is 0.908. The topological polar surface area (TPSA) is 46.3 Å². The number of rotatable bonds is 5. The maximum Gasteiger partial charge on any atom is 0.222 e. The smallest absolute Gasteiger partial charge is 0.222 e. The Hall–Kier alpha value is -1.06. The predicted octanol–water partition coefficient (Wildman–Crippen LogP) is 2.63. The lowest BCUT2D eigenvalue weighted by Gasteiger charge is -2.21. The molecular weight excluding hydrogens is 272 g/mol. The highest BCUT2D eigenvalue weighted by Gasteiger charge is 2.26. The molecular formula is C16H25ClN2O. The summed E-state index contributed by atoms with van der Waals surface area (Å²) in [6.07, 6.45) is 4.89. The molecule has 1 aliphatic carbocycles. The molecule has 4 heteroatoms.